The van der Waals surface area contributed by atoms with Crippen molar-refractivity contribution in [3.8, 4) is 0 Å². The van der Waals surface area contributed by atoms with Crippen molar-refractivity contribution in [1.29, 1.82) is 0 Å². The maximum Gasteiger partial charge on any atom is 1.00 e. The van der Waals surface area contributed by atoms with E-state index in [2.05, 4.69) is 10.3 Å². The number of hydrogen-bond acceptors (Lipinski definition) is 1. The van der Waals surface area contributed by atoms with E-state index in [9.17, 15) is 43.9 Å². The number of benzene rings is 2. The van der Waals surface area contributed by atoms with Gasteiger partial charge in [-0.3, -0.25) is 0 Å². The average Bonchev–Trinajstić information content (AvgIpc) is 3.63. The zero-order chi connectivity index (χ0) is 41.8. The Bertz CT molecular complexity index is 1570. The molecule has 1 aliphatic heterocycles. The van der Waals surface area contributed by atoms with E-state index >= 15 is 17.6 Å². The summed E-state index contributed by atoms with van der Waals surface area (Å²) in [6.45, 7) is 13.4. The number of alkyl halides is 14. The van der Waals surface area contributed by atoms with Crippen molar-refractivity contribution in [3.63, 3.8) is 0 Å². The summed E-state index contributed by atoms with van der Waals surface area (Å²) in [6.07, 6.45) is -11.6. The van der Waals surface area contributed by atoms with Gasteiger partial charge in [-0.25, -0.2) is 4.99 Å². The van der Waals surface area contributed by atoms with E-state index in [4.69, 9.17) is 4.74 Å². The first-order valence-corrected chi connectivity index (χ1v) is 16.9. The van der Waals surface area contributed by atoms with E-state index in [1.54, 1.807) is 0 Å². The van der Waals surface area contributed by atoms with Crippen LogP contribution in [0.25, 0.3) is 5.32 Å². The maximum atomic E-state index is 15.6. The molecule has 0 saturated carbocycles. The van der Waals surface area contributed by atoms with Gasteiger partial charge in [0.05, 0.1) is 0 Å². The number of para-hydroxylation sites is 2. The number of rotatable bonds is 10. The minimum absolute atomic E-state index is 0. The Morgan fingerprint density at radius 3 is 1.24 bits per heavy atom. The van der Waals surface area contributed by atoms with Crippen LogP contribution < -0.4 is 23.9 Å². The Morgan fingerprint density at radius 2 is 0.927 bits per heavy atom. The van der Waals surface area contributed by atoms with Crippen molar-refractivity contribution in [2.45, 2.75) is 128 Å². The Kier molecular flexibility index (Phi) is 17.0. The molecule has 0 aliphatic carbocycles. The molecule has 0 spiro atoms. The van der Waals surface area contributed by atoms with Gasteiger partial charge in [-0.2, -0.15) is 61.5 Å². The summed E-state index contributed by atoms with van der Waals surface area (Å²) in [5.74, 6) is -36.6. The van der Waals surface area contributed by atoms with E-state index < -0.39 is 82.8 Å². The molecule has 19 heteroatoms. The number of amidine groups is 2. The third-order valence-corrected chi connectivity index (χ3v) is 8.30. The summed E-state index contributed by atoms with van der Waals surface area (Å²) in [6, 6.07) is 7.51. The largest absolute Gasteiger partial charge is 1.00 e. The van der Waals surface area contributed by atoms with Crippen LogP contribution in [0.3, 0.4) is 0 Å². The molecule has 306 valence electrons. The number of aliphatic imine (C=N–C) groups is 1. The van der Waals surface area contributed by atoms with E-state index in [0.717, 1.165) is 13.2 Å². The van der Waals surface area contributed by atoms with Crippen LogP contribution in [0.1, 0.15) is 114 Å². The molecule has 0 radical (unpaired) electrons. The molecule has 1 saturated heterocycles. The topological polar surface area (TPSA) is 49.7 Å². The minimum Gasteiger partial charge on any atom is -0.391 e. The Morgan fingerprint density at radius 1 is 0.582 bits per heavy atom. The number of halogens is 14. The fourth-order valence-electron chi connectivity index (χ4n) is 5.16. The molecular formula is C36H43F14LiN3O+. The Balaban J connectivity index is 0.00000232. The number of nitrogens with one attached hydrogen (secondary N) is 1. The fourth-order valence-corrected chi connectivity index (χ4v) is 5.16. The third kappa shape index (κ3) is 11.0. The molecule has 1 N–H and O–H groups in total. The van der Waals surface area contributed by atoms with E-state index in [1.807, 2.05) is 0 Å². The van der Waals surface area contributed by atoms with Gasteiger partial charge in [0.15, 0.2) is 0 Å². The van der Waals surface area contributed by atoms with Crippen LogP contribution in [0, 0.1) is 0 Å². The molecule has 0 bridgehead atoms. The van der Waals surface area contributed by atoms with Gasteiger partial charge in [0, 0.05) is 24.3 Å². The minimum atomic E-state index is -7.14. The first-order valence-electron chi connectivity index (χ1n) is 16.9. The van der Waals surface area contributed by atoms with Crippen molar-refractivity contribution in [3.05, 3.63) is 64.0 Å². The molecule has 0 amide bonds. The maximum absolute atomic E-state index is 15.6. The van der Waals surface area contributed by atoms with Gasteiger partial charge >= 0.3 is 60.7 Å². The molecule has 1 aliphatic rings. The second-order valence-corrected chi connectivity index (χ2v) is 13.8. The predicted octanol–water partition coefficient (Wildman–Crippen LogP) is 8.86. The molecule has 3 rings (SSSR count). The third-order valence-electron chi connectivity index (χ3n) is 8.30. The van der Waals surface area contributed by atoms with Gasteiger partial charge in [-0.1, -0.05) is 91.8 Å². The zero-order valence-electron chi connectivity index (χ0n) is 31.7. The monoisotopic (exact) mass is 806 g/mol. The van der Waals surface area contributed by atoms with Crippen LogP contribution in [0.5, 0.6) is 0 Å². The summed E-state index contributed by atoms with van der Waals surface area (Å²) in [4.78, 5) is 4.00. The fraction of sp³-hybridized carbons (Fsp3) is 0.611. The van der Waals surface area contributed by atoms with Gasteiger partial charge in [0.2, 0.25) is 5.84 Å². The van der Waals surface area contributed by atoms with Crippen LogP contribution in [0.4, 0.5) is 72.8 Å². The summed E-state index contributed by atoms with van der Waals surface area (Å²) in [5, 5.41) is 3.21. The molecule has 1 fully saturated rings. The van der Waals surface area contributed by atoms with Crippen LogP contribution in [0.15, 0.2) is 41.4 Å². The van der Waals surface area contributed by atoms with Gasteiger partial charge in [0.1, 0.15) is 5.69 Å². The average molecular weight is 807 g/mol. The number of nitrogens with zero attached hydrogens (tertiary/aromatic N) is 2. The SMILES string of the molecule is C1CCOC1.CC(C)c1cccc(C(C)C)c1[N-]C(=NC(=[NH+]c1c(C(C)C)cccc1C(C)C)C(F)(F)C(F)(F)C(F)(F)F)C(F)(F)C(F)(F)C(F)(F)F.[Li+]. The van der Waals surface area contributed by atoms with Crippen LogP contribution in [-0.2, 0) is 4.74 Å². The normalized spacial score (nSPS) is 15.5. The molecule has 4 nitrogen and oxygen atoms in total. The van der Waals surface area contributed by atoms with Crippen molar-refractivity contribution in [2.24, 2.45) is 4.99 Å². The van der Waals surface area contributed by atoms with E-state index in [-0.39, 0.29) is 41.1 Å². The molecule has 2 aromatic carbocycles. The standard InChI is InChI=1S/C32H34F14N3.C4H8O.Li/c1-15(2)19-11-9-12-20(16(3)4)23(19)47-25(27(33,34)29(37,38)31(41,42)43)49-26(28(35,36)30(39,40)32(44,45)46)48-24-21(17(5)6)13-10-14-22(24)18(7)8;1-2-4-5-3-1;/h9-18H,1-8H3;1-4H2;/q-1;;+1/p+1. The molecule has 2 aromatic rings. The van der Waals surface area contributed by atoms with Gasteiger partial charge in [-0.15, -0.1) is 0 Å². The quantitative estimate of drug-likeness (QED) is 0.111. The molecule has 1 heterocycles. The van der Waals surface area contributed by atoms with E-state index in [0.29, 0.717) is 0 Å². The van der Waals surface area contributed by atoms with Gasteiger partial charge < -0.3 is 10.1 Å². The summed E-state index contributed by atoms with van der Waals surface area (Å²) in [5.41, 5.74) is -1.69. The summed E-state index contributed by atoms with van der Waals surface area (Å²) < 4.78 is 206. The van der Waals surface area contributed by atoms with Crippen LogP contribution >= 0.6 is 0 Å². The molecular weight excluding hydrogens is 763 g/mol. The summed E-state index contributed by atoms with van der Waals surface area (Å²) in [7, 11) is 0. The molecule has 0 aromatic heterocycles. The number of hydrogen-bond donors (Lipinski definition) is 1. The Hall–Kier alpha value is -2.84. The van der Waals surface area contributed by atoms with Gasteiger partial charge in [-0.05, 0) is 58.3 Å². The van der Waals surface area contributed by atoms with E-state index in [1.165, 1.54) is 110 Å². The first-order chi connectivity index (χ1) is 24.4. The molecule has 0 atom stereocenters. The predicted molar refractivity (Wildman–Crippen MR) is 177 cm³/mol. The second kappa shape index (κ2) is 18.6. The molecule has 0 unspecified atom stereocenters. The zero-order valence-corrected chi connectivity index (χ0v) is 31.7. The van der Waals surface area contributed by atoms with Crippen LogP contribution in [0.2, 0.25) is 0 Å². The van der Waals surface area contributed by atoms with Gasteiger partial charge in [0.25, 0.3) is 0 Å². The Labute approximate surface area is 322 Å². The van der Waals surface area contributed by atoms with Crippen molar-refractivity contribution in [1.82, 2.24) is 0 Å². The van der Waals surface area contributed by atoms with Crippen LogP contribution in [-0.4, -0.2) is 60.9 Å². The van der Waals surface area contributed by atoms with Crippen molar-refractivity contribution < 1.29 is 90.1 Å². The first kappa shape index (κ1) is 50.2. The smallest absolute Gasteiger partial charge is 0.391 e. The van der Waals surface area contributed by atoms with Crippen molar-refractivity contribution >= 4 is 23.0 Å². The van der Waals surface area contributed by atoms with Crippen molar-refractivity contribution in [2.75, 3.05) is 13.2 Å². The second-order valence-electron chi connectivity index (χ2n) is 13.8. The molecule has 55 heavy (non-hydrogen) atoms. The summed E-state index contributed by atoms with van der Waals surface area (Å²) >= 11 is 0. The number of ether oxygens (including phenoxy) is 1.